The van der Waals surface area contributed by atoms with Crippen LogP contribution in [-0.2, 0) is 14.3 Å². The number of hydrogen-bond donors (Lipinski definition) is 3. The zero-order valence-electron chi connectivity index (χ0n) is 18.3. The molecule has 7 nitrogen and oxygen atoms in total. The molecule has 3 N–H and O–H groups in total. The van der Waals surface area contributed by atoms with Crippen LogP contribution < -0.4 is 10.6 Å². The predicted octanol–water partition coefficient (Wildman–Crippen LogP) is 3.67. The highest BCUT2D eigenvalue weighted by molar-refractivity contribution is 5.91. The zero-order valence-corrected chi connectivity index (χ0v) is 18.3. The lowest BCUT2D eigenvalue weighted by Crippen LogP contribution is -2.56. The smallest absolute Gasteiger partial charge is 0.407 e. The van der Waals surface area contributed by atoms with Gasteiger partial charge in [-0.05, 0) is 48.4 Å². The first-order chi connectivity index (χ1) is 15.3. The van der Waals surface area contributed by atoms with E-state index >= 15 is 0 Å². The molecule has 0 bridgehead atoms. The first-order valence-corrected chi connectivity index (χ1v) is 10.9. The highest BCUT2D eigenvalue weighted by Crippen LogP contribution is 2.44. The van der Waals surface area contributed by atoms with Gasteiger partial charge >= 0.3 is 12.1 Å². The molecule has 2 amide bonds. The van der Waals surface area contributed by atoms with Crippen LogP contribution in [0.25, 0.3) is 11.1 Å². The maximum atomic E-state index is 12.7. The molecule has 168 valence electrons. The van der Waals surface area contributed by atoms with Crippen molar-refractivity contribution in [2.45, 2.75) is 50.6 Å². The minimum atomic E-state index is -1.43. The number of carboxylic acids is 1. The summed E-state index contributed by atoms with van der Waals surface area (Å²) in [6.07, 6.45) is 1.78. The van der Waals surface area contributed by atoms with Crippen molar-refractivity contribution < 1.29 is 24.2 Å². The lowest BCUT2D eigenvalue weighted by molar-refractivity contribution is -0.146. The summed E-state index contributed by atoms with van der Waals surface area (Å²) in [6, 6.07) is 15.3. The van der Waals surface area contributed by atoms with E-state index in [1.807, 2.05) is 36.4 Å². The molecular weight excluding hydrogens is 408 g/mol. The molecule has 2 aliphatic carbocycles. The van der Waals surface area contributed by atoms with Gasteiger partial charge in [-0.1, -0.05) is 61.4 Å². The molecule has 0 saturated heterocycles. The van der Waals surface area contributed by atoms with Crippen LogP contribution in [0.1, 0.15) is 50.2 Å². The number of carbonyl (C=O) groups is 3. The summed E-state index contributed by atoms with van der Waals surface area (Å²) in [7, 11) is 0. The van der Waals surface area contributed by atoms with Crippen molar-refractivity contribution >= 4 is 18.0 Å². The van der Waals surface area contributed by atoms with E-state index in [-0.39, 0.29) is 12.5 Å². The number of ether oxygens (including phenoxy) is 1. The minimum Gasteiger partial charge on any atom is -0.480 e. The number of rotatable bonds is 8. The van der Waals surface area contributed by atoms with Crippen LogP contribution in [0.3, 0.4) is 0 Å². The first kappa shape index (κ1) is 21.9. The Kier molecular flexibility index (Phi) is 5.91. The van der Waals surface area contributed by atoms with Crippen molar-refractivity contribution in [3.8, 4) is 11.1 Å². The van der Waals surface area contributed by atoms with Gasteiger partial charge in [0.05, 0.1) is 0 Å². The van der Waals surface area contributed by atoms with Gasteiger partial charge in [0.2, 0.25) is 5.91 Å². The number of alkyl carbamates (subject to hydrolysis) is 1. The molecule has 1 unspecified atom stereocenters. The van der Waals surface area contributed by atoms with E-state index < -0.39 is 29.6 Å². The Labute approximate surface area is 187 Å². The Morgan fingerprint density at radius 2 is 1.59 bits per heavy atom. The van der Waals surface area contributed by atoms with Crippen LogP contribution in [0, 0.1) is 5.92 Å². The number of aliphatic carboxylic acids is 1. The molecule has 4 rings (SSSR count). The van der Waals surface area contributed by atoms with Crippen LogP contribution in [0.5, 0.6) is 0 Å². The lowest BCUT2D eigenvalue weighted by Gasteiger charge is -2.25. The molecule has 1 atom stereocenters. The molecule has 0 spiro atoms. The van der Waals surface area contributed by atoms with Crippen LogP contribution in [0.4, 0.5) is 4.79 Å². The van der Waals surface area contributed by atoms with Crippen LogP contribution in [0.2, 0.25) is 0 Å². The third kappa shape index (κ3) is 4.61. The number of nitrogens with one attached hydrogen (secondary N) is 2. The molecule has 2 aromatic rings. The number of carbonyl (C=O) groups excluding carboxylic acids is 2. The number of fused-ring (bicyclic) bond motifs is 3. The largest absolute Gasteiger partial charge is 0.480 e. The molecular formula is C25H28N2O5. The van der Waals surface area contributed by atoms with Gasteiger partial charge in [-0.2, -0.15) is 0 Å². The molecule has 2 aliphatic rings. The highest BCUT2D eigenvalue weighted by atomic mass is 16.5. The molecule has 2 aromatic carbocycles. The summed E-state index contributed by atoms with van der Waals surface area (Å²) < 4.78 is 5.55. The molecule has 1 fully saturated rings. The summed E-state index contributed by atoms with van der Waals surface area (Å²) in [4.78, 5) is 36.7. The third-order valence-electron chi connectivity index (χ3n) is 6.19. The monoisotopic (exact) mass is 436 g/mol. The van der Waals surface area contributed by atoms with E-state index in [1.54, 1.807) is 0 Å². The molecule has 0 heterocycles. The molecule has 0 aromatic heterocycles. The highest BCUT2D eigenvalue weighted by Gasteiger charge is 2.36. The number of amides is 2. The standard InChI is InChI=1S/C25H28N2O5/c1-25(2,23(29)30)27-22(28)21(13-15-11-12-15)26-24(31)32-14-20-18-9-5-3-7-16(18)17-8-4-6-10-19(17)20/h3-10,15,20-21H,11-14H2,1-2H3,(H,26,31)(H,27,28)(H,29,30). The van der Waals surface area contributed by atoms with Crippen molar-refractivity contribution in [2.75, 3.05) is 6.61 Å². The van der Waals surface area contributed by atoms with Crippen LogP contribution in [-0.4, -0.2) is 41.3 Å². The normalized spacial score (nSPS) is 15.9. The number of benzene rings is 2. The van der Waals surface area contributed by atoms with E-state index in [2.05, 4.69) is 22.8 Å². The van der Waals surface area contributed by atoms with Crippen LogP contribution >= 0.6 is 0 Å². The third-order valence-corrected chi connectivity index (χ3v) is 6.19. The number of carboxylic acid groups (broad SMARTS) is 1. The van der Waals surface area contributed by atoms with Gasteiger partial charge in [-0.15, -0.1) is 0 Å². The fourth-order valence-electron chi connectivity index (χ4n) is 4.15. The summed E-state index contributed by atoms with van der Waals surface area (Å²) in [5, 5.41) is 14.5. The SMILES string of the molecule is CC(C)(NC(=O)C(CC1CC1)NC(=O)OCC1c2ccccc2-c2ccccc21)C(=O)O. The second-order valence-corrected chi connectivity index (χ2v) is 9.12. The maximum absolute atomic E-state index is 12.7. The topological polar surface area (TPSA) is 105 Å². The van der Waals surface area contributed by atoms with Crippen LogP contribution in [0.15, 0.2) is 48.5 Å². The van der Waals surface area contributed by atoms with Crippen molar-refractivity contribution in [3.05, 3.63) is 59.7 Å². The van der Waals surface area contributed by atoms with Gasteiger partial charge in [0.25, 0.3) is 0 Å². The van der Waals surface area contributed by atoms with E-state index in [9.17, 15) is 19.5 Å². The van der Waals surface area contributed by atoms with Crippen molar-refractivity contribution in [3.63, 3.8) is 0 Å². The fraction of sp³-hybridized carbons (Fsp3) is 0.400. The molecule has 1 saturated carbocycles. The average Bonchev–Trinajstić information content (AvgIpc) is 3.52. The lowest BCUT2D eigenvalue weighted by atomic mass is 9.98. The summed E-state index contributed by atoms with van der Waals surface area (Å²) in [5.74, 6) is -1.38. The van der Waals surface area contributed by atoms with E-state index in [0.29, 0.717) is 12.3 Å². The Morgan fingerprint density at radius 1 is 1.03 bits per heavy atom. The van der Waals surface area contributed by atoms with E-state index in [1.165, 1.54) is 13.8 Å². The van der Waals surface area contributed by atoms with Crippen molar-refractivity contribution in [1.29, 1.82) is 0 Å². The quantitative estimate of drug-likeness (QED) is 0.586. The van der Waals surface area contributed by atoms with Gasteiger partial charge in [0.15, 0.2) is 0 Å². The van der Waals surface area contributed by atoms with E-state index in [4.69, 9.17) is 4.74 Å². The van der Waals surface area contributed by atoms with E-state index in [0.717, 1.165) is 35.1 Å². The fourth-order valence-corrected chi connectivity index (χ4v) is 4.15. The zero-order chi connectivity index (χ0) is 22.9. The summed E-state index contributed by atoms with van der Waals surface area (Å²) in [6.45, 7) is 2.97. The van der Waals surface area contributed by atoms with Gasteiger partial charge in [0.1, 0.15) is 18.2 Å². The second kappa shape index (κ2) is 8.65. The Morgan fingerprint density at radius 3 is 2.12 bits per heavy atom. The van der Waals surface area contributed by atoms with Crippen molar-refractivity contribution in [1.82, 2.24) is 10.6 Å². The minimum absolute atomic E-state index is 0.0743. The number of hydrogen-bond acceptors (Lipinski definition) is 4. The summed E-state index contributed by atoms with van der Waals surface area (Å²) in [5.41, 5.74) is 3.06. The second-order valence-electron chi connectivity index (χ2n) is 9.12. The molecule has 7 heteroatoms. The average molecular weight is 437 g/mol. The predicted molar refractivity (Wildman–Crippen MR) is 119 cm³/mol. The van der Waals surface area contributed by atoms with Gasteiger partial charge < -0.3 is 20.5 Å². The first-order valence-electron chi connectivity index (χ1n) is 10.9. The van der Waals surface area contributed by atoms with Gasteiger partial charge in [-0.3, -0.25) is 4.79 Å². The van der Waals surface area contributed by atoms with Gasteiger partial charge in [0, 0.05) is 5.92 Å². The summed E-state index contributed by atoms with van der Waals surface area (Å²) >= 11 is 0. The van der Waals surface area contributed by atoms with Gasteiger partial charge in [-0.25, -0.2) is 9.59 Å². The Hall–Kier alpha value is -3.35. The maximum Gasteiger partial charge on any atom is 0.407 e. The Balaban J connectivity index is 1.42. The Bertz CT molecular complexity index is 999. The molecule has 32 heavy (non-hydrogen) atoms. The molecule has 0 aliphatic heterocycles. The van der Waals surface area contributed by atoms with Crippen molar-refractivity contribution in [2.24, 2.45) is 5.92 Å². The molecule has 0 radical (unpaired) electrons.